The first-order chi connectivity index (χ1) is 9.17. The molecule has 7 heteroatoms. The van der Waals surface area contributed by atoms with E-state index in [1.165, 1.54) is 0 Å². The van der Waals surface area contributed by atoms with Crippen LogP contribution < -0.4 is 0 Å². The lowest BCUT2D eigenvalue weighted by Gasteiger charge is -2.38. The van der Waals surface area contributed by atoms with Crippen LogP contribution in [0.5, 0.6) is 0 Å². The molecule has 118 valence electrons. The van der Waals surface area contributed by atoms with E-state index in [0.717, 1.165) is 24.5 Å². The van der Waals surface area contributed by atoms with Gasteiger partial charge in [-0.15, -0.1) is 0 Å². The van der Waals surface area contributed by atoms with Crippen molar-refractivity contribution >= 4 is 5.97 Å². The molecule has 0 unspecified atom stereocenters. The van der Waals surface area contributed by atoms with Crippen LogP contribution in [0.25, 0.3) is 0 Å². The van der Waals surface area contributed by atoms with Gasteiger partial charge in [0, 0.05) is 12.6 Å². The third-order valence-electron chi connectivity index (χ3n) is 3.42. The zero-order valence-corrected chi connectivity index (χ0v) is 12.0. The third-order valence-corrected chi connectivity index (χ3v) is 3.42. The number of nitrogens with zero attached hydrogens (tertiary/aromatic N) is 2. The van der Waals surface area contributed by atoms with Crippen LogP contribution in [0.15, 0.2) is 0 Å². The molecular formula is C13H23F3N2O2. The van der Waals surface area contributed by atoms with Crippen molar-refractivity contribution in [3.8, 4) is 0 Å². The van der Waals surface area contributed by atoms with Crippen molar-refractivity contribution in [2.75, 3.05) is 32.7 Å². The highest BCUT2D eigenvalue weighted by molar-refractivity contribution is 5.69. The number of aliphatic carboxylic acids is 1. The van der Waals surface area contributed by atoms with E-state index >= 15 is 0 Å². The number of carboxylic acids is 1. The predicted octanol–water partition coefficient (Wildman–Crippen LogP) is 2.06. The number of piperidine rings is 1. The van der Waals surface area contributed by atoms with Gasteiger partial charge >= 0.3 is 12.1 Å². The molecule has 0 amide bonds. The average Bonchev–Trinajstić information content (AvgIpc) is 2.25. The Morgan fingerprint density at radius 3 is 2.30 bits per heavy atom. The first-order valence-corrected chi connectivity index (χ1v) is 6.92. The fourth-order valence-electron chi connectivity index (χ4n) is 2.70. The summed E-state index contributed by atoms with van der Waals surface area (Å²) >= 11 is 0. The molecule has 0 aromatic heterocycles. The molecule has 1 fully saturated rings. The van der Waals surface area contributed by atoms with E-state index < -0.39 is 25.2 Å². The van der Waals surface area contributed by atoms with Crippen LogP contribution in [-0.4, -0.2) is 65.8 Å². The van der Waals surface area contributed by atoms with Crippen molar-refractivity contribution < 1.29 is 23.1 Å². The smallest absolute Gasteiger partial charge is 0.401 e. The quantitative estimate of drug-likeness (QED) is 0.815. The fourth-order valence-corrected chi connectivity index (χ4v) is 2.70. The van der Waals surface area contributed by atoms with Gasteiger partial charge in [0.25, 0.3) is 0 Å². The van der Waals surface area contributed by atoms with Crippen LogP contribution in [0.4, 0.5) is 13.2 Å². The number of likely N-dealkylation sites (tertiary alicyclic amines) is 1. The second-order valence-electron chi connectivity index (χ2n) is 5.84. The van der Waals surface area contributed by atoms with Gasteiger partial charge in [-0.05, 0) is 31.8 Å². The largest absolute Gasteiger partial charge is 0.480 e. The molecule has 0 saturated carbocycles. The number of alkyl halides is 3. The molecule has 0 spiro atoms. The predicted molar refractivity (Wildman–Crippen MR) is 69.6 cm³/mol. The molecule has 20 heavy (non-hydrogen) atoms. The van der Waals surface area contributed by atoms with Gasteiger partial charge in [-0.2, -0.15) is 13.2 Å². The van der Waals surface area contributed by atoms with Crippen molar-refractivity contribution in [3.05, 3.63) is 0 Å². The molecule has 1 aliphatic rings. The van der Waals surface area contributed by atoms with E-state index in [4.69, 9.17) is 5.11 Å². The Morgan fingerprint density at radius 1 is 1.35 bits per heavy atom. The molecule has 0 bridgehead atoms. The summed E-state index contributed by atoms with van der Waals surface area (Å²) in [6.07, 6.45) is -3.17. The molecule has 1 heterocycles. The number of rotatable bonds is 6. The summed E-state index contributed by atoms with van der Waals surface area (Å²) in [5, 5.41) is 8.76. The number of hydrogen-bond acceptors (Lipinski definition) is 3. The molecule has 1 saturated heterocycles. The van der Waals surface area contributed by atoms with Crippen molar-refractivity contribution in [2.45, 2.75) is 38.9 Å². The summed E-state index contributed by atoms with van der Waals surface area (Å²) < 4.78 is 37.5. The Morgan fingerprint density at radius 2 is 1.90 bits per heavy atom. The van der Waals surface area contributed by atoms with Crippen molar-refractivity contribution in [2.24, 2.45) is 5.92 Å². The van der Waals surface area contributed by atoms with Crippen LogP contribution in [0.1, 0.15) is 26.7 Å². The Labute approximate surface area is 117 Å². The highest BCUT2D eigenvalue weighted by Crippen LogP contribution is 2.23. The highest BCUT2D eigenvalue weighted by atomic mass is 19.4. The lowest BCUT2D eigenvalue weighted by Crippen LogP contribution is -2.50. The topological polar surface area (TPSA) is 43.8 Å². The van der Waals surface area contributed by atoms with E-state index in [9.17, 15) is 18.0 Å². The summed E-state index contributed by atoms with van der Waals surface area (Å²) in [5.74, 6) is -0.685. The van der Waals surface area contributed by atoms with Crippen molar-refractivity contribution in [1.82, 2.24) is 9.80 Å². The minimum atomic E-state index is -4.36. The minimum absolute atomic E-state index is 0.295. The molecule has 0 atom stereocenters. The van der Waals surface area contributed by atoms with Gasteiger partial charge in [-0.1, -0.05) is 13.8 Å². The van der Waals surface area contributed by atoms with Crippen molar-refractivity contribution in [3.63, 3.8) is 0 Å². The van der Waals surface area contributed by atoms with E-state index in [-0.39, 0.29) is 6.04 Å². The minimum Gasteiger partial charge on any atom is -0.480 e. The van der Waals surface area contributed by atoms with E-state index in [1.807, 2.05) is 0 Å². The summed E-state index contributed by atoms with van der Waals surface area (Å²) in [4.78, 5) is 14.0. The summed E-state index contributed by atoms with van der Waals surface area (Å²) in [5.41, 5.74) is 0. The number of halogens is 3. The molecule has 1 N–H and O–H groups in total. The van der Waals surface area contributed by atoms with Gasteiger partial charge in [-0.3, -0.25) is 9.69 Å². The Kier molecular flexibility index (Phi) is 6.26. The maximum atomic E-state index is 12.5. The molecule has 0 aromatic rings. The molecule has 1 rings (SSSR count). The average molecular weight is 296 g/mol. The van der Waals surface area contributed by atoms with Crippen LogP contribution in [0, 0.1) is 5.92 Å². The molecule has 0 radical (unpaired) electrons. The van der Waals surface area contributed by atoms with Crippen LogP contribution in [0.3, 0.4) is 0 Å². The zero-order chi connectivity index (χ0) is 15.3. The van der Waals surface area contributed by atoms with E-state index in [2.05, 4.69) is 18.7 Å². The second kappa shape index (κ2) is 7.26. The first-order valence-electron chi connectivity index (χ1n) is 6.92. The first kappa shape index (κ1) is 17.2. The maximum absolute atomic E-state index is 12.5. The zero-order valence-electron chi connectivity index (χ0n) is 12.0. The Bertz CT molecular complexity index is 313. The number of carbonyl (C=O) groups is 1. The van der Waals surface area contributed by atoms with E-state index in [0.29, 0.717) is 18.8 Å². The SMILES string of the molecule is CC(C)CN1CCC(N(CC(=O)O)CC(F)(F)F)CC1. The number of hydrogen-bond donors (Lipinski definition) is 1. The molecule has 1 aliphatic heterocycles. The maximum Gasteiger partial charge on any atom is 0.401 e. The van der Waals surface area contributed by atoms with Gasteiger partial charge in [0.2, 0.25) is 0 Å². The molecule has 0 aromatic carbocycles. The molecular weight excluding hydrogens is 273 g/mol. The van der Waals surface area contributed by atoms with E-state index in [1.54, 1.807) is 0 Å². The Balaban J connectivity index is 2.54. The number of carboxylic acid groups (broad SMARTS) is 1. The highest BCUT2D eigenvalue weighted by Gasteiger charge is 2.35. The van der Waals surface area contributed by atoms with Crippen LogP contribution in [0.2, 0.25) is 0 Å². The fraction of sp³-hybridized carbons (Fsp3) is 0.923. The lowest BCUT2D eigenvalue weighted by atomic mass is 10.0. The van der Waals surface area contributed by atoms with Gasteiger partial charge in [0.15, 0.2) is 0 Å². The van der Waals surface area contributed by atoms with Crippen molar-refractivity contribution in [1.29, 1.82) is 0 Å². The van der Waals surface area contributed by atoms with Gasteiger partial charge in [0.05, 0.1) is 13.1 Å². The lowest BCUT2D eigenvalue weighted by molar-refractivity contribution is -0.159. The normalized spacial score (nSPS) is 18.9. The molecule has 4 nitrogen and oxygen atoms in total. The van der Waals surface area contributed by atoms with Crippen LogP contribution >= 0.6 is 0 Å². The summed E-state index contributed by atoms with van der Waals surface area (Å²) in [7, 11) is 0. The summed E-state index contributed by atoms with van der Waals surface area (Å²) in [6.45, 7) is 4.92. The Hall–Kier alpha value is -0.820. The van der Waals surface area contributed by atoms with Crippen LogP contribution in [-0.2, 0) is 4.79 Å². The van der Waals surface area contributed by atoms with Gasteiger partial charge in [0.1, 0.15) is 0 Å². The molecule has 0 aliphatic carbocycles. The summed E-state index contributed by atoms with van der Waals surface area (Å²) in [6, 6.07) is -0.295. The van der Waals surface area contributed by atoms with Gasteiger partial charge in [-0.25, -0.2) is 0 Å². The van der Waals surface area contributed by atoms with Gasteiger partial charge < -0.3 is 10.0 Å². The standard InChI is InChI=1S/C13H23F3N2O2/c1-10(2)7-17-5-3-11(4-6-17)18(8-12(19)20)9-13(14,15)16/h10-11H,3-9H2,1-2H3,(H,19,20). The monoisotopic (exact) mass is 296 g/mol. The second-order valence-corrected chi connectivity index (χ2v) is 5.84. The third kappa shape index (κ3) is 6.56.